The van der Waals surface area contributed by atoms with E-state index in [-0.39, 0.29) is 35.2 Å². The Morgan fingerprint density at radius 1 is 0.826 bits per heavy atom. The van der Waals surface area contributed by atoms with Crippen LogP contribution >= 0.6 is 0 Å². The van der Waals surface area contributed by atoms with Gasteiger partial charge in [-0.3, -0.25) is 19.2 Å². The lowest BCUT2D eigenvalue weighted by atomic mass is 9.95. The number of aliphatic hydroxyl groups excluding tert-OH is 2. The number of nitrogens with zero attached hydrogens (tertiary/aromatic N) is 1. The molecule has 246 valence electrons. The van der Waals surface area contributed by atoms with Crippen molar-refractivity contribution < 1.29 is 38.2 Å². The minimum atomic E-state index is -1.78. The number of benzene rings is 3. The maximum Gasteiger partial charge on any atom is 0.253 e. The minimum Gasteiger partial charge on any atom is -0.390 e. The van der Waals surface area contributed by atoms with Crippen LogP contribution in [0.1, 0.15) is 75.3 Å². The second-order valence-electron chi connectivity index (χ2n) is 11.0. The standard InChI is InChI=1S/C34H40F2N4O6/c1-3-10-40(11-4-2)34(46)25-16-23(32(37)44)15-24(17-25)33(45)39-28(14-22-12-26(35)18-27(36)13-22)31(43)29(41)19-30(42)38-20-21-8-6-5-7-9-21/h5-9,12-13,15-18,28-29,31,41,43H,3-4,10-11,14,19-20H2,1-2H3,(H2,37,44)(H,38,42)(H,39,45)/t28-,29+,31+/m0/s1. The first-order valence-corrected chi connectivity index (χ1v) is 15.1. The third-order valence-electron chi connectivity index (χ3n) is 7.23. The fraction of sp³-hybridized carbons (Fsp3) is 0.353. The highest BCUT2D eigenvalue weighted by Gasteiger charge is 2.31. The Kier molecular flexibility index (Phi) is 13.3. The summed E-state index contributed by atoms with van der Waals surface area (Å²) >= 11 is 0. The molecular formula is C34H40F2N4O6. The Labute approximate surface area is 266 Å². The van der Waals surface area contributed by atoms with E-state index in [0.717, 1.165) is 17.7 Å². The van der Waals surface area contributed by atoms with Crippen LogP contribution in [0.15, 0.2) is 66.7 Å². The molecule has 10 nitrogen and oxygen atoms in total. The van der Waals surface area contributed by atoms with Gasteiger partial charge in [0.15, 0.2) is 0 Å². The monoisotopic (exact) mass is 638 g/mol. The maximum atomic E-state index is 14.0. The summed E-state index contributed by atoms with van der Waals surface area (Å²) in [7, 11) is 0. The van der Waals surface area contributed by atoms with E-state index in [1.54, 1.807) is 29.2 Å². The molecule has 0 spiro atoms. The molecule has 0 fully saturated rings. The van der Waals surface area contributed by atoms with Crippen LogP contribution in [0.3, 0.4) is 0 Å². The average Bonchev–Trinajstić information content (AvgIpc) is 3.02. The number of nitrogens with two attached hydrogens (primary N) is 1. The van der Waals surface area contributed by atoms with E-state index in [1.807, 2.05) is 19.9 Å². The summed E-state index contributed by atoms with van der Waals surface area (Å²) in [6.07, 6.45) is -2.99. The van der Waals surface area contributed by atoms with Gasteiger partial charge >= 0.3 is 0 Å². The SMILES string of the molecule is CCCN(CCC)C(=O)c1cc(C(N)=O)cc(C(=O)N[C@@H](Cc2cc(F)cc(F)c2)[C@@H](O)[C@H](O)CC(=O)NCc2ccccc2)c1. The van der Waals surface area contributed by atoms with Gasteiger partial charge in [-0.2, -0.15) is 0 Å². The first kappa shape index (κ1) is 35.8. The predicted octanol–water partition coefficient (Wildman–Crippen LogP) is 3.10. The summed E-state index contributed by atoms with van der Waals surface area (Å²) in [4.78, 5) is 53.1. The number of nitrogens with one attached hydrogen (secondary N) is 2. The number of amides is 4. The molecule has 0 aliphatic rings. The summed E-state index contributed by atoms with van der Waals surface area (Å²) in [5.41, 5.74) is 6.15. The van der Waals surface area contributed by atoms with E-state index in [1.165, 1.54) is 18.2 Å². The Balaban J connectivity index is 1.88. The molecule has 12 heteroatoms. The molecule has 4 amide bonds. The zero-order valence-corrected chi connectivity index (χ0v) is 25.8. The molecule has 0 bridgehead atoms. The zero-order valence-electron chi connectivity index (χ0n) is 25.8. The van der Waals surface area contributed by atoms with Gasteiger partial charge in [0.2, 0.25) is 11.8 Å². The molecule has 0 radical (unpaired) electrons. The van der Waals surface area contributed by atoms with Crippen molar-refractivity contribution in [3.63, 3.8) is 0 Å². The van der Waals surface area contributed by atoms with Gasteiger partial charge in [-0.05, 0) is 60.7 Å². The van der Waals surface area contributed by atoms with Crippen molar-refractivity contribution in [2.75, 3.05) is 13.1 Å². The van der Waals surface area contributed by atoms with Crippen LogP contribution in [-0.4, -0.2) is 70.1 Å². The van der Waals surface area contributed by atoms with Crippen molar-refractivity contribution >= 4 is 23.6 Å². The van der Waals surface area contributed by atoms with E-state index < -0.39 is 59.9 Å². The molecule has 0 aliphatic carbocycles. The highest BCUT2D eigenvalue weighted by molar-refractivity contribution is 6.04. The molecule has 3 aromatic rings. The summed E-state index contributed by atoms with van der Waals surface area (Å²) in [6, 6.07) is 14.1. The summed E-state index contributed by atoms with van der Waals surface area (Å²) in [6.45, 7) is 4.89. The number of carbonyl (C=O) groups is 4. The highest BCUT2D eigenvalue weighted by atomic mass is 19.1. The van der Waals surface area contributed by atoms with Crippen LogP contribution in [0.2, 0.25) is 0 Å². The highest BCUT2D eigenvalue weighted by Crippen LogP contribution is 2.18. The number of hydrogen-bond donors (Lipinski definition) is 5. The van der Waals surface area contributed by atoms with Gasteiger partial charge in [-0.1, -0.05) is 44.2 Å². The van der Waals surface area contributed by atoms with Crippen molar-refractivity contribution in [1.82, 2.24) is 15.5 Å². The molecule has 3 aromatic carbocycles. The van der Waals surface area contributed by atoms with Crippen molar-refractivity contribution in [3.8, 4) is 0 Å². The average molecular weight is 639 g/mol. The van der Waals surface area contributed by atoms with Crippen LogP contribution in [0.25, 0.3) is 0 Å². The molecule has 0 heterocycles. The van der Waals surface area contributed by atoms with E-state index in [9.17, 15) is 38.2 Å². The Hall–Kier alpha value is -4.68. The van der Waals surface area contributed by atoms with Gasteiger partial charge in [0.25, 0.3) is 11.8 Å². The number of aliphatic hydroxyl groups is 2. The largest absolute Gasteiger partial charge is 0.390 e. The van der Waals surface area contributed by atoms with Crippen molar-refractivity contribution in [1.29, 1.82) is 0 Å². The quantitative estimate of drug-likeness (QED) is 0.162. The van der Waals surface area contributed by atoms with E-state index in [2.05, 4.69) is 10.6 Å². The van der Waals surface area contributed by atoms with Crippen molar-refractivity contribution in [2.45, 2.75) is 64.3 Å². The summed E-state index contributed by atoms with van der Waals surface area (Å²) < 4.78 is 28.0. The molecule has 0 saturated carbocycles. The van der Waals surface area contributed by atoms with Crippen LogP contribution < -0.4 is 16.4 Å². The Morgan fingerprint density at radius 3 is 2.00 bits per heavy atom. The van der Waals surface area contributed by atoms with E-state index >= 15 is 0 Å². The Morgan fingerprint density at radius 2 is 1.41 bits per heavy atom. The number of primary amides is 1. The zero-order chi connectivity index (χ0) is 33.8. The second-order valence-corrected chi connectivity index (χ2v) is 11.0. The molecule has 0 aliphatic heterocycles. The van der Waals surface area contributed by atoms with Gasteiger partial charge in [0, 0.05) is 42.4 Å². The molecule has 0 saturated heterocycles. The molecule has 0 unspecified atom stereocenters. The lowest BCUT2D eigenvalue weighted by Gasteiger charge is -2.28. The molecular weight excluding hydrogens is 598 g/mol. The van der Waals surface area contributed by atoms with Gasteiger partial charge in [0.1, 0.15) is 17.7 Å². The number of hydrogen-bond acceptors (Lipinski definition) is 6. The van der Waals surface area contributed by atoms with Crippen LogP contribution in [0.4, 0.5) is 8.78 Å². The minimum absolute atomic E-state index is 0.0442. The molecule has 0 aromatic heterocycles. The van der Waals surface area contributed by atoms with Crippen LogP contribution in [0, 0.1) is 11.6 Å². The van der Waals surface area contributed by atoms with Gasteiger partial charge in [0.05, 0.1) is 18.6 Å². The Bertz CT molecular complexity index is 1490. The number of halogens is 2. The third kappa shape index (κ3) is 10.5. The first-order valence-electron chi connectivity index (χ1n) is 15.1. The van der Waals surface area contributed by atoms with Crippen LogP contribution in [-0.2, 0) is 17.8 Å². The van der Waals surface area contributed by atoms with Gasteiger partial charge in [-0.15, -0.1) is 0 Å². The normalized spacial score (nSPS) is 12.9. The first-order chi connectivity index (χ1) is 21.9. The molecule has 6 N–H and O–H groups in total. The van der Waals surface area contributed by atoms with Crippen LogP contribution in [0.5, 0.6) is 0 Å². The lowest BCUT2D eigenvalue weighted by molar-refractivity contribution is -0.125. The van der Waals surface area contributed by atoms with Crippen molar-refractivity contribution in [3.05, 3.63) is 106 Å². The van der Waals surface area contributed by atoms with Crippen molar-refractivity contribution in [2.24, 2.45) is 5.73 Å². The predicted molar refractivity (Wildman–Crippen MR) is 168 cm³/mol. The fourth-order valence-electron chi connectivity index (χ4n) is 5.00. The molecule has 3 atom stereocenters. The summed E-state index contributed by atoms with van der Waals surface area (Å²) in [5, 5.41) is 27.1. The lowest BCUT2D eigenvalue weighted by Crippen LogP contribution is -2.50. The number of rotatable bonds is 16. The molecule has 46 heavy (non-hydrogen) atoms. The topological polar surface area (TPSA) is 162 Å². The molecule has 3 rings (SSSR count). The number of carbonyl (C=O) groups excluding carboxylic acids is 4. The summed E-state index contributed by atoms with van der Waals surface area (Å²) in [5.74, 6) is -4.53. The van der Waals surface area contributed by atoms with E-state index in [4.69, 9.17) is 5.73 Å². The van der Waals surface area contributed by atoms with Gasteiger partial charge in [-0.25, -0.2) is 8.78 Å². The second kappa shape index (κ2) is 17.1. The third-order valence-corrected chi connectivity index (χ3v) is 7.23. The van der Waals surface area contributed by atoms with Gasteiger partial charge < -0.3 is 31.5 Å². The fourth-order valence-corrected chi connectivity index (χ4v) is 5.00. The smallest absolute Gasteiger partial charge is 0.253 e. The van der Waals surface area contributed by atoms with E-state index in [0.29, 0.717) is 32.0 Å². The maximum absolute atomic E-state index is 14.0.